The minimum Gasteiger partial charge on any atom is -0.360 e. The molecule has 6 heteroatoms. The summed E-state index contributed by atoms with van der Waals surface area (Å²) >= 11 is 0. The molecule has 0 saturated heterocycles. The fraction of sp³-hybridized carbons (Fsp3) is 0.316. The molecule has 0 aliphatic rings. The van der Waals surface area contributed by atoms with Gasteiger partial charge in [-0.15, -0.1) is 0 Å². The molecule has 1 N–H and O–H groups in total. The van der Waals surface area contributed by atoms with E-state index in [1.807, 2.05) is 51.1 Å². The van der Waals surface area contributed by atoms with E-state index in [0.29, 0.717) is 11.6 Å². The van der Waals surface area contributed by atoms with Gasteiger partial charge in [0, 0.05) is 17.7 Å². The third-order valence-electron chi connectivity index (χ3n) is 3.49. The Morgan fingerprint density at radius 3 is 2.48 bits per heavy atom. The second kappa shape index (κ2) is 7.79. The van der Waals surface area contributed by atoms with Crippen molar-refractivity contribution in [2.24, 2.45) is 0 Å². The summed E-state index contributed by atoms with van der Waals surface area (Å²) in [4.78, 5) is 26.3. The second-order valence-corrected chi connectivity index (χ2v) is 6.71. The number of hydrogen-bond acceptors (Lipinski definition) is 4. The predicted molar refractivity (Wildman–Crippen MR) is 96.8 cm³/mol. The van der Waals surface area contributed by atoms with Crippen LogP contribution < -0.4 is 5.32 Å². The summed E-state index contributed by atoms with van der Waals surface area (Å²) in [5.74, 6) is 0.376. The fourth-order valence-corrected chi connectivity index (χ4v) is 2.22. The zero-order chi connectivity index (χ0) is 18.4. The quantitative estimate of drug-likeness (QED) is 0.847. The number of hydrogen-bond donors (Lipinski definition) is 1. The van der Waals surface area contributed by atoms with Crippen molar-refractivity contribution in [3.05, 3.63) is 53.8 Å². The van der Waals surface area contributed by atoms with Crippen molar-refractivity contribution in [1.82, 2.24) is 10.1 Å². The highest BCUT2D eigenvalue weighted by atomic mass is 16.5. The van der Waals surface area contributed by atoms with Crippen molar-refractivity contribution < 1.29 is 14.1 Å². The molecule has 0 saturated carbocycles. The van der Waals surface area contributed by atoms with Crippen molar-refractivity contribution in [2.75, 3.05) is 11.9 Å². The molecule has 0 fully saturated rings. The number of amides is 2. The molecule has 0 radical (unpaired) electrons. The Hall–Kier alpha value is -2.89. The van der Waals surface area contributed by atoms with Gasteiger partial charge in [0.05, 0.1) is 0 Å². The van der Waals surface area contributed by atoms with Crippen LogP contribution >= 0.6 is 0 Å². The average molecular weight is 341 g/mol. The van der Waals surface area contributed by atoms with Gasteiger partial charge in [0.25, 0.3) is 0 Å². The van der Waals surface area contributed by atoms with Gasteiger partial charge in [0.1, 0.15) is 12.3 Å². The lowest BCUT2D eigenvalue weighted by Crippen LogP contribution is -2.48. The Morgan fingerprint density at radius 2 is 1.92 bits per heavy atom. The first-order chi connectivity index (χ1) is 11.8. The van der Waals surface area contributed by atoms with E-state index in [9.17, 15) is 9.59 Å². The highest BCUT2D eigenvalue weighted by Gasteiger charge is 2.27. The average Bonchev–Trinajstić information content (AvgIpc) is 2.95. The summed E-state index contributed by atoms with van der Waals surface area (Å²) in [7, 11) is 0. The number of carbonyl (C=O) groups is 2. The summed E-state index contributed by atoms with van der Waals surface area (Å²) in [6.07, 6.45) is 3.22. The highest BCUT2D eigenvalue weighted by Crippen LogP contribution is 2.15. The van der Waals surface area contributed by atoms with Crippen LogP contribution in [0.5, 0.6) is 0 Å². The molecule has 2 aromatic rings. The minimum atomic E-state index is -0.505. The van der Waals surface area contributed by atoms with E-state index in [2.05, 4.69) is 10.5 Å². The molecule has 0 aliphatic heterocycles. The molecule has 6 nitrogen and oxygen atoms in total. The summed E-state index contributed by atoms with van der Waals surface area (Å²) in [6.45, 7) is 7.31. The summed E-state index contributed by atoms with van der Waals surface area (Å²) in [5.41, 5.74) is 0.419. The van der Waals surface area contributed by atoms with Gasteiger partial charge in [-0.3, -0.25) is 9.59 Å². The van der Waals surface area contributed by atoms with Gasteiger partial charge in [0.15, 0.2) is 5.82 Å². The van der Waals surface area contributed by atoms with Crippen LogP contribution in [-0.4, -0.2) is 34.0 Å². The van der Waals surface area contributed by atoms with Crippen LogP contribution in [0.4, 0.5) is 5.82 Å². The van der Waals surface area contributed by atoms with Crippen LogP contribution in [0.2, 0.25) is 0 Å². The topological polar surface area (TPSA) is 75.4 Å². The van der Waals surface area contributed by atoms with Crippen molar-refractivity contribution in [2.45, 2.75) is 33.2 Å². The Morgan fingerprint density at radius 1 is 1.24 bits per heavy atom. The first kappa shape index (κ1) is 18.4. The van der Waals surface area contributed by atoms with Gasteiger partial charge in [-0.2, -0.15) is 0 Å². The summed E-state index contributed by atoms with van der Waals surface area (Å²) in [6, 6.07) is 11.2. The predicted octanol–water partition coefficient (Wildman–Crippen LogP) is 3.26. The van der Waals surface area contributed by atoms with E-state index < -0.39 is 5.54 Å². The molecule has 2 amide bonds. The van der Waals surface area contributed by atoms with Crippen LogP contribution in [0.1, 0.15) is 32.1 Å². The standard InChI is InChI=1S/C19H23N3O3/c1-14-12-16(21-25-14)20-17(23)13-22(19(2,3)4)18(24)11-10-15-8-6-5-7-9-15/h5-12H,13H2,1-4H3,(H,20,21,23)/b11-10+. The number of nitrogens with one attached hydrogen (secondary N) is 1. The van der Waals surface area contributed by atoms with Crippen LogP contribution in [0, 0.1) is 6.92 Å². The number of nitrogens with zero attached hydrogens (tertiary/aromatic N) is 2. The van der Waals surface area contributed by atoms with E-state index >= 15 is 0 Å². The molecular formula is C19H23N3O3. The molecule has 0 bridgehead atoms. The molecule has 0 spiro atoms. The zero-order valence-corrected chi connectivity index (χ0v) is 14.9. The molecule has 1 heterocycles. The lowest BCUT2D eigenvalue weighted by molar-refractivity contribution is -0.135. The van der Waals surface area contributed by atoms with Crippen molar-refractivity contribution in [1.29, 1.82) is 0 Å². The van der Waals surface area contributed by atoms with E-state index in [-0.39, 0.29) is 18.4 Å². The Bertz CT molecular complexity index is 758. The monoisotopic (exact) mass is 341 g/mol. The molecule has 132 valence electrons. The maximum Gasteiger partial charge on any atom is 0.247 e. The molecule has 0 atom stereocenters. The number of benzene rings is 1. The fourth-order valence-electron chi connectivity index (χ4n) is 2.22. The molecule has 1 aromatic heterocycles. The first-order valence-corrected chi connectivity index (χ1v) is 8.03. The van der Waals surface area contributed by atoms with Crippen molar-refractivity contribution in [3.63, 3.8) is 0 Å². The maximum absolute atomic E-state index is 12.6. The van der Waals surface area contributed by atoms with Crippen LogP contribution in [-0.2, 0) is 9.59 Å². The van der Waals surface area contributed by atoms with Gasteiger partial charge in [0.2, 0.25) is 11.8 Å². The molecule has 0 aliphatic carbocycles. The zero-order valence-electron chi connectivity index (χ0n) is 14.9. The summed E-state index contributed by atoms with van der Waals surface area (Å²) in [5, 5.41) is 6.35. The van der Waals surface area contributed by atoms with E-state index in [4.69, 9.17) is 4.52 Å². The number of aryl methyl sites for hydroxylation is 1. The van der Waals surface area contributed by atoms with Crippen molar-refractivity contribution in [3.8, 4) is 0 Å². The molecule has 1 aromatic carbocycles. The molecule has 0 unspecified atom stereocenters. The molecule has 25 heavy (non-hydrogen) atoms. The first-order valence-electron chi connectivity index (χ1n) is 8.03. The SMILES string of the molecule is Cc1cc(NC(=O)CN(C(=O)/C=C/c2ccccc2)C(C)(C)C)no1. The van der Waals surface area contributed by atoms with Crippen LogP contribution in [0.15, 0.2) is 47.0 Å². The van der Waals surface area contributed by atoms with Gasteiger partial charge in [-0.1, -0.05) is 35.5 Å². The van der Waals surface area contributed by atoms with Crippen LogP contribution in [0.3, 0.4) is 0 Å². The van der Waals surface area contributed by atoms with Gasteiger partial charge < -0.3 is 14.7 Å². The number of carbonyl (C=O) groups excluding carboxylic acids is 2. The Kier molecular flexibility index (Phi) is 5.75. The number of aromatic nitrogens is 1. The summed E-state index contributed by atoms with van der Waals surface area (Å²) < 4.78 is 4.92. The minimum absolute atomic E-state index is 0.0760. The second-order valence-electron chi connectivity index (χ2n) is 6.71. The van der Waals surface area contributed by atoms with Gasteiger partial charge >= 0.3 is 0 Å². The van der Waals surface area contributed by atoms with E-state index in [0.717, 1.165) is 5.56 Å². The lowest BCUT2D eigenvalue weighted by atomic mass is 10.1. The van der Waals surface area contributed by atoms with Gasteiger partial charge in [-0.25, -0.2) is 0 Å². The maximum atomic E-state index is 12.6. The van der Waals surface area contributed by atoms with E-state index in [1.165, 1.54) is 11.0 Å². The molecular weight excluding hydrogens is 318 g/mol. The largest absolute Gasteiger partial charge is 0.360 e. The Labute approximate surface area is 147 Å². The van der Waals surface area contributed by atoms with Gasteiger partial charge in [-0.05, 0) is 39.3 Å². The Balaban J connectivity index is 2.06. The normalized spacial score (nSPS) is 11.5. The third kappa shape index (κ3) is 5.60. The molecule has 2 rings (SSSR count). The van der Waals surface area contributed by atoms with E-state index in [1.54, 1.807) is 19.1 Å². The smallest absolute Gasteiger partial charge is 0.247 e. The number of anilines is 1. The number of rotatable bonds is 5. The third-order valence-corrected chi connectivity index (χ3v) is 3.49. The highest BCUT2D eigenvalue weighted by molar-refractivity contribution is 5.98. The lowest BCUT2D eigenvalue weighted by Gasteiger charge is -2.34. The van der Waals surface area contributed by atoms with Crippen molar-refractivity contribution >= 4 is 23.7 Å². The van der Waals surface area contributed by atoms with Crippen LogP contribution in [0.25, 0.3) is 6.08 Å².